The second-order valence-electron chi connectivity index (χ2n) is 4.82. The van der Waals surface area contributed by atoms with Crippen LogP contribution in [0.25, 0.3) is 0 Å². The van der Waals surface area contributed by atoms with E-state index in [-0.39, 0.29) is 11.7 Å². The van der Waals surface area contributed by atoms with Crippen LogP contribution in [0.15, 0.2) is 36.7 Å². The van der Waals surface area contributed by atoms with Gasteiger partial charge < -0.3 is 5.32 Å². The van der Waals surface area contributed by atoms with Crippen molar-refractivity contribution in [2.75, 3.05) is 5.32 Å². The van der Waals surface area contributed by atoms with E-state index in [4.69, 9.17) is 11.6 Å². The lowest BCUT2D eigenvalue weighted by atomic mass is 9.84. The van der Waals surface area contributed by atoms with E-state index < -0.39 is 11.4 Å². The predicted molar refractivity (Wildman–Crippen MR) is 75.1 cm³/mol. The molecule has 2 rings (SSSR count). The van der Waals surface area contributed by atoms with Gasteiger partial charge in [-0.3, -0.25) is 9.78 Å². The molecule has 1 amide bonds. The maximum atomic E-state index is 12.9. The smallest absolute Gasteiger partial charge is 0.235 e. The molecule has 0 atom stereocenters. The van der Waals surface area contributed by atoms with E-state index >= 15 is 0 Å². The fraction of sp³-hybridized carbons (Fsp3) is 0.214. The van der Waals surface area contributed by atoms with Crippen molar-refractivity contribution in [3.8, 4) is 0 Å². The summed E-state index contributed by atoms with van der Waals surface area (Å²) in [6.45, 7) is 3.50. The van der Waals surface area contributed by atoms with Crippen LogP contribution in [-0.4, -0.2) is 15.9 Å². The minimum Gasteiger partial charge on any atom is -0.309 e. The van der Waals surface area contributed by atoms with Gasteiger partial charge in [-0.25, -0.2) is 0 Å². The van der Waals surface area contributed by atoms with Gasteiger partial charge in [0.1, 0.15) is 0 Å². The summed E-state index contributed by atoms with van der Waals surface area (Å²) < 4.78 is 12.9. The number of carbonyl (C=O) groups excluding carboxylic acids is 1. The van der Waals surface area contributed by atoms with Crippen molar-refractivity contribution in [1.29, 1.82) is 0 Å². The van der Waals surface area contributed by atoms with Crippen LogP contribution >= 0.6 is 11.6 Å². The van der Waals surface area contributed by atoms with E-state index in [1.807, 2.05) is 6.07 Å². The predicted octanol–water partition coefficient (Wildman–Crippen LogP) is 3.19. The molecule has 0 spiro atoms. The third-order valence-corrected chi connectivity index (χ3v) is 3.20. The number of hydrogen-bond acceptors (Lipinski definition) is 3. The zero-order valence-electron chi connectivity index (χ0n) is 11.0. The molecular weight excluding hydrogens is 281 g/mol. The number of carbonyl (C=O) groups is 1. The van der Waals surface area contributed by atoms with Gasteiger partial charge >= 0.3 is 0 Å². The zero-order chi connectivity index (χ0) is 14.8. The molecule has 0 fully saturated rings. The third kappa shape index (κ3) is 3.11. The first-order chi connectivity index (χ1) is 9.39. The molecule has 20 heavy (non-hydrogen) atoms. The lowest BCUT2D eigenvalue weighted by Crippen LogP contribution is -2.35. The molecule has 0 saturated carbocycles. The van der Waals surface area contributed by atoms with Crippen LogP contribution in [0.1, 0.15) is 19.4 Å². The topological polar surface area (TPSA) is 54.9 Å². The minimum absolute atomic E-state index is 0.0742. The summed E-state index contributed by atoms with van der Waals surface area (Å²) >= 11 is 5.93. The van der Waals surface area contributed by atoms with Gasteiger partial charge in [0.2, 0.25) is 11.9 Å². The van der Waals surface area contributed by atoms with Crippen molar-refractivity contribution in [2.45, 2.75) is 19.3 Å². The number of nitrogens with one attached hydrogen (secondary N) is 1. The van der Waals surface area contributed by atoms with Gasteiger partial charge in [-0.15, -0.1) is 0 Å². The summed E-state index contributed by atoms with van der Waals surface area (Å²) in [5, 5.41) is 3.10. The molecule has 1 heterocycles. The maximum Gasteiger partial charge on any atom is 0.235 e. The second kappa shape index (κ2) is 5.54. The summed E-state index contributed by atoms with van der Waals surface area (Å²) in [6.07, 6.45) is 2.26. The molecule has 2 aromatic rings. The van der Waals surface area contributed by atoms with Crippen molar-refractivity contribution in [1.82, 2.24) is 9.97 Å². The highest BCUT2D eigenvalue weighted by Crippen LogP contribution is 2.26. The number of amides is 1. The Bertz CT molecular complexity index is 646. The first-order valence-electron chi connectivity index (χ1n) is 5.94. The normalized spacial score (nSPS) is 11.2. The van der Waals surface area contributed by atoms with E-state index in [9.17, 15) is 9.18 Å². The average Bonchev–Trinajstić information content (AvgIpc) is 2.38. The third-order valence-electron chi connectivity index (χ3n) is 2.96. The van der Waals surface area contributed by atoms with Gasteiger partial charge in [-0.05, 0) is 31.5 Å². The van der Waals surface area contributed by atoms with Crippen LogP contribution < -0.4 is 5.32 Å². The number of anilines is 1. The number of benzene rings is 1. The number of rotatable bonds is 3. The lowest BCUT2D eigenvalue weighted by molar-refractivity contribution is -0.120. The van der Waals surface area contributed by atoms with Crippen molar-refractivity contribution >= 4 is 23.3 Å². The summed E-state index contributed by atoms with van der Waals surface area (Å²) in [5.41, 5.74) is -0.0781. The van der Waals surface area contributed by atoms with Gasteiger partial charge in [-0.1, -0.05) is 23.7 Å². The van der Waals surface area contributed by atoms with Crippen molar-refractivity contribution in [3.05, 3.63) is 53.2 Å². The molecule has 0 unspecified atom stereocenters. The second-order valence-corrected chi connectivity index (χ2v) is 5.25. The molecule has 1 N–H and O–H groups in total. The van der Waals surface area contributed by atoms with Gasteiger partial charge in [0.25, 0.3) is 0 Å². The van der Waals surface area contributed by atoms with Crippen LogP contribution in [0.5, 0.6) is 0 Å². The highest BCUT2D eigenvalue weighted by Gasteiger charge is 2.30. The molecule has 0 bridgehead atoms. The first kappa shape index (κ1) is 14.4. The van der Waals surface area contributed by atoms with E-state index in [2.05, 4.69) is 15.3 Å². The summed E-state index contributed by atoms with van der Waals surface area (Å²) in [4.78, 5) is 19.5. The lowest BCUT2D eigenvalue weighted by Gasteiger charge is -2.24. The van der Waals surface area contributed by atoms with Crippen LogP contribution in [0, 0.1) is 5.95 Å². The van der Waals surface area contributed by atoms with Gasteiger partial charge in [0, 0.05) is 5.02 Å². The SMILES string of the molecule is CC(C)(C(=O)Nc1cncc(F)n1)c1cccc(Cl)c1. The molecule has 0 saturated heterocycles. The van der Waals surface area contributed by atoms with E-state index in [0.29, 0.717) is 5.02 Å². The van der Waals surface area contributed by atoms with Crippen molar-refractivity contribution in [3.63, 3.8) is 0 Å². The van der Waals surface area contributed by atoms with E-state index in [1.54, 1.807) is 32.0 Å². The fourth-order valence-corrected chi connectivity index (χ4v) is 1.87. The number of aromatic nitrogens is 2. The van der Waals surface area contributed by atoms with Crippen molar-refractivity contribution in [2.24, 2.45) is 0 Å². The fourth-order valence-electron chi connectivity index (χ4n) is 1.68. The molecule has 0 aliphatic heterocycles. The zero-order valence-corrected chi connectivity index (χ0v) is 11.8. The Morgan fingerprint density at radius 3 is 2.75 bits per heavy atom. The molecular formula is C14H13ClFN3O. The Morgan fingerprint density at radius 2 is 2.10 bits per heavy atom. The monoisotopic (exact) mass is 293 g/mol. The number of halogens is 2. The van der Waals surface area contributed by atoms with Crippen LogP contribution in [-0.2, 0) is 10.2 Å². The summed E-state index contributed by atoms with van der Waals surface area (Å²) in [7, 11) is 0. The molecule has 0 aliphatic carbocycles. The summed E-state index contributed by atoms with van der Waals surface area (Å²) in [5.74, 6) is -0.992. The van der Waals surface area contributed by atoms with Crippen LogP contribution in [0.4, 0.5) is 10.2 Å². The Morgan fingerprint density at radius 1 is 1.35 bits per heavy atom. The molecule has 0 aliphatic rings. The van der Waals surface area contributed by atoms with Crippen molar-refractivity contribution < 1.29 is 9.18 Å². The Hall–Kier alpha value is -2.01. The largest absolute Gasteiger partial charge is 0.309 e. The highest BCUT2D eigenvalue weighted by molar-refractivity contribution is 6.30. The molecule has 4 nitrogen and oxygen atoms in total. The van der Waals surface area contributed by atoms with Gasteiger partial charge in [0.05, 0.1) is 17.8 Å². The number of nitrogens with zero attached hydrogens (tertiary/aromatic N) is 2. The van der Waals surface area contributed by atoms with Gasteiger partial charge in [0.15, 0.2) is 5.82 Å². The van der Waals surface area contributed by atoms with E-state index in [1.165, 1.54) is 6.20 Å². The summed E-state index contributed by atoms with van der Waals surface area (Å²) in [6, 6.07) is 7.03. The number of hydrogen-bond donors (Lipinski definition) is 1. The molecule has 104 valence electrons. The Labute approximate surface area is 121 Å². The molecule has 6 heteroatoms. The van der Waals surface area contributed by atoms with Crippen LogP contribution in [0.3, 0.4) is 0 Å². The standard InChI is InChI=1S/C14H13ClFN3O/c1-14(2,9-4-3-5-10(15)6-9)13(20)19-12-8-17-7-11(16)18-12/h3-8H,1-2H3,(H,18,19,20). The molecule has 1 aromatic carbocycles. The van der Waals surface area contributed by atoms with Crippen LogP contribution in [0.2, 0.25) is 5.02 Å². The van der Waals surface area contributed by atoms with E-state index in [0.717, 1.165) is 11.8 Å². The highest BCUT2D eigenvalue weighted by atomic mass is 35.5. The Kier molecular flexibility index (Phi) is 3.99. The average molecular weight is 294 g/mol. The molecule has 1 aromatic heterocycles. The maximum absolute atomic E-state index is 12.9. The first-order valence-corrected chi connectivity index (χ1v) is 6.32. The minimum atomic E-state index is -0.834. The Balaban J connectivity index is 2.23. The quantitative estimate of drug-likeness (QED) is 0.945. The molecule has 0 radical (unpaired) electrons. The van der Waals surface area contributed by atoms with Gasteiger partial charge in [-0.2, -0.15) is 9.37 Å².